The lowest BCUT2D eigenvalue weighted by atomic mass is 11.4. The van der Waals surface area contributed by atoms with Crippen LogP contribution in [0.2, 0.25) is 0 Å². The van der Waals surface area contributed by atoms with Crippen LogP contribution in [0.25, 0.3) is 0 Å². The Labute approximate surface area is 56.0 Å². The summed E-state index contributed by atoms with van der Waals surface area (Å²) >= 11 is 5.41. The Morgan fingerprint density at radius 1 is 1.86 bits per heavy atom. The summed E-state index contributed by atoms with van der Waals surface area (Å²) in [6.07, 6.45) is 0. The standard InChI is InChI=1S/C3H7NPS2/c5-1-4-2-7-3-6/h1,3,6H,2,5H2/b4-1+. The van der Waals surface area contributed by atoms with Gasteiger partial charge in [0.2, 0.25) is 0 Å². The van der Waals surface area contributed by atoms with Crippen LogP contribution in [0.5, 0.6) is 0 Å². The third-order valence-corrected chi connectivity index (χ3v) is 1.43. The molecule has 41 valence electrons. The molecule has 0 aromatic rings. The van der Waals surface area contributed by atoms with Gasteiger partial charge in [0.25, 0.3) is 0 Å². The number of hydrogen-bond acceptors (Lipinski definition) is 3. The van der Waals surface area contributed by atoms with Crippen LogP contribution in [0.15, 0.2) is 4.99 Å². The molecule has 1 atom stereocenters. The van der Waals surface area contributed by atoms with E-state index in [9.17, 15) is 0 Å². The van der Waals surface area contributed by atoms with Gasteiger partial charge in [-0.1, -0.05) is 9.24 Å². The largest absolute Gasteiger partial charge is 0.283 e. The van der Waals surface area contributed by atoms with E-state index in [1.165, 1.54) is 0 Å². The summed E-state index contributed by atoms with van der Waals surface area (Å²) in [5, 5.41) is 1.72. The van der Waals surface area contributed by atoms with Crippen LogP contribution in [-0.2, 0) is 0 Å². The molecule has 0 rings (SSSR count). The molecule has 0 aliphatic heterocycles. The van der Waals surface area contributed by atoms with Gasteiger partial charge in [-0.3, -0.25) is 4.99 Å². The van der Waals surface area contributed by atoms with Gasteiger partial charge >= 0.3 is 0 Å². The van der Waals surface area contributed by atoms with Gasteiger partial charge in [-0.15, -0.1) is 11.8 Å². The second-order valence-corrected chi connectivity index (χ2v) is 2.47. The number of hydrogen-bond donors (Lipinski definition) is 1. The van der Waals surface area contributed by atoms with Crippen LogP contribution in [0.1, 0.15) is 0 Å². The van der Waals surface area contributed by atoms with Crippen molar-refractivity contribution in [1.82, 2.24) is 0 Å². The zero-order chi connectivity index (χ0) is 5.54. The highest BCUT2D eigenvalue weighted by Gasteiger charge is 1.74. The zero-order valence-electron chi connectivity index (χ0n) is 3.74. The Kier molecular flexibility index (Phi) is 7.58. The number of nitrogens with zero attached hydrogens (tertiary/aromatic N) is 1. The monoisotopic (exact) mass is 152 g/mol. The molecular formula is C3H7NPS2. The van der Waals surface area contributed by atoms with E-state index >= 15 is 0 Å². The van der Waals surface area contributed by atoms with Crippen molar-refractivity contribution in [3.63, 3.8) is 0 Å². The van der Waals surface area contributed by atoms with Crippen molar-refractivity contribution in [3.8, 4) is 0 Å². The fraction of sp³-hybridized carbons (Fsp3) is 0.333. The summed E-state index contributed by atoms with van der Waals surface area (Å²) in [7, 11) is 2.41. The minimum atomic E-state index is 0.771. The molecule has 0 bridgehead atoms. The molecule has 4 heteroatoms. The molecule has 1 nitrogen and oxygen atoms in total. The third kappa shape index (κ3) is 6.80. The van der Waals surface area contributed by atoms with Crippen LogP contribution >= 0.6 is 33.6 Å². The molecule has 1 radical (unpaired) electrons. The first kappa shape index (κ1) is 7.80. The molecule has 0 aliphatic carbocycles. The molecule has 0 saturated carbocycles. The molecule has 0 amide bonds. The van der Waals surface area contributed by atoms with E-state index in [4.69, 9.17) is 0 Å². The molecule has 1 unspecified atom stereocenters. The number of aliphatic imine (C=N–C) groups is 1. The second-order valence-electron chi connectivity index (χ2n) is 0.733. The molecular weight excluding hydrogens is 145 g/mol. The summed E-state index contributed by atoms with van der Waals surface area (Å²) in [6.45, 7) is 0. The lowest BCUT2D eigenvalue weighted by Gasteiger charge is -1.83. The van der Waals surface area contributed by atoms with Crippen molar-refractivity contribution in [2.75, 3.05) is 5.88 Å². The average Bonchev–Trinajstić information content (AvgIpc) is 1.69. The maximum absolute atomic E-state index is 3.88. The van der Waals surface area contributed by atoms with Gasteiger partial charge in [0.05, 0.1) is 11.0 Å². The van der Waals surface area contributed by atoms with Crippen LogP contribution in [-0.4, -0.2) is 11.8 Å². The first-order valence-electron chi connectivity index (χ1n) is 1.69. The molecule has 0 aromatic carbocycles. The molecule has 0 heterocycles. The Morgan fingerprint density at radius 2 is 2.57 bits per heavy atom. The van der Waals surface area contributed by atoms with E-state index in [-0.39, 0.29) is 0 Å². The highest BCUT2D eigenvalue weighted by molar-refractivity contribution is 8.12. The Balaban J connectivity index is 2.69. The van der Waals surface area contributed by atoms with Gasteiger partial charge in [-0.25, -0.2) is 0 Å². The predicted octanol–water partition coefficient (Wildman–Crippen LogP) is 1.63. The summed E-state index contributed by atoms with van der Waals surface area (Å²) in [6, 6.07) is 0. The normalized spacial score (nSPS) is 10.6. The molecule has 0 saturated heterocycles. The minimum Gasteiger partial charge on any atom is -0.283 e. The topological polar surface area (TPSA) is 12.4 Å². The third-order valence-electron chi connectivity index (χ3n) is 0.329. The second kappa shape index (κ2) is 6.80. The van der Waals surface area contributed by atoms with Crippen LogP contribution in [0.4, 0.5) is 0 Å². The maximum atomic E-state index is 3.88. The zero-order valence-corrected chi connectivity index (χ0v) is 6.61. The van der Waals surface area contributed by atoms with Crippen LogP contribution in [0.3, 0.4) is 0 Å². The maximum Gasteiger partial charge on any atom is 0.0855 e. The highest BCUT2D eigenvalue weighted by Crippen LogP contribution is 2.06. The van der Waals surface area contributed by atoms with Gasteiger partial charge in [0.15, 0.2) is 0 Å². The van der Waals surface area contributed by atoms with Crippen molar-refractivity contribution in [3.05, 3.63) is 5.08 Å². The number of thioether (sulfide) groups is 1. The summed E-state index contributed by atoms with van der Waals surface area (Å²) in [4.78, 5) is 3.88. The van der Waals surface area contributed by atoms with Crippen molar-refractivity contribution >= 4 is 39.6 Å². The first-order valence-corrected chi connectivity index (χ1v) is 3.92. The molecule has 0 aromatic heterocycles. The van der Waals surface area contributed by atoms with Crippen molar-refractivity contribution in [2.45, 2.75) is 0 Å². The molecule has 0 fully saturated rings. The Bertz CT molecular complexity index is 56.9. The average molecular weight is 152 g/mol. The fourth-order valence-corrected chi connectivity index (χ4v) is 0.816. The molecule has 0 N–H and O–H groups in total. The Morgan fingerprint density at radius 3 is 3.00 bits per heavy atom. The van der Waals surface area contributed by atoms with E-state index in [0.29, 0.717) is 0 Å². The van der Waals surface area contributed by atoms with E-state index in [1.54, 1.807) is 22.8 Å². The summed E-state index contributed by atoms with van der Waals surface area (Å²) in [5.41, 5.74) is 0. The minimum absolute atomic E-state index is 0.771. The van der Waals surface area contributed by atoms with Gasteiger partial charge in [0.1, 0.15) is 0 Å². The molecule has 7 heavy (non-hydrogen) atoms. The van der Waals surface area contributed by atoms with Crippen molar-refractivity contribution in [1.29, 1.82) is 0 Å². The smallest absolute Gasteiger partial charge is 0.0855 e. The van der Waals surface area contributed by atoms with Gasteiger partial charge < -0.3 is 0 Å². The lowest BCUT2D eigenvalue weighted by molar-refractivity contribution is 1.42. The van der Waals surface area contributed by atoms with Crippen molar-refractivity contribution in [2.24, 2.45) is 4.99 Å². The quantitative estimate of drug-likeness (QED) is 0.280. The van der Waals surface area contributed by atoms with Gasteiger partial charge in [-0.05, 0) is 0 Å². The lowest BCUT2D eigenvalue weighted by Crippen LogP contribution is -1.64. The molecule has 0 spiro atoms. The van der Waals surface area contributed by atoms with Gasteiger partial charge in [0, 0.05) is 5.96 Å². The number of rotatable bonds is 3. The van der Waals surface area contributed by atoms with Crippen molar-refractivity contribution < 1.29 is 0 Å². The van der Waals surface area contributed by atoms with Crippen LogP contribution < -0.4 is 0 Å². The summed E-state index contributed by atoms with van der Waals surface area (Å²) in [5.74, 6) is 2.47. The SMILES string of the molecule is P/C=N/CS[CH]S. The molecule has 0 aliphatic rings. The number of thiol groups is 1. The van der Waals surface area contributed by atoms with E-state index in [1.807, 2.05) is 0 Å². The fourth-order valence-electron chi connectivity index (χ4n) is 0.119. The van der Waals surface area contributed by atoms with E-state index in [2.05, 4.69) is 26.9 Å². The predicted molar refractivity (Wildman–Crippen MR) is 43.9 cm³/mol. The van der Waals surface area contributed by atoms with Gasteiger partial charge in [-0.2, -0.15) is 12.6 Å². The Hall–Kier alpha value is 0.800. The summed E-state index contributed by atoms with van der Waals surface area (Å²) < 4.78 is 0. The van der Waals surface area contributed by atoms with E-state index in [0.717, 1.165) is 5.88 Å². The van der Waals surface area contributed by atoms with E-state index < -0.39 is 0 Å². The first-order chi connectivity index (χ1) is 3.41. The van der Waals surface area contributed by atoms with Crippen LogP contribution in [0, 0.1) is 5.08 Å². The highest BCUT2D eigenvalue weighted by atomic mass is 32.2.